The molecule has 134 valence electrons. The van der Waals surface area contributed by atoms with Crippen LogP contribution in [0.15, 0.2) is 42.0 Å². The third-order valence-electron chi connectivity index (χ3n) is 3.51. The predicted molar refractivity (Wildman–Crippen MR) is 90.2 cm³/mol. The lowest BCUT2D eigenvalue weighted by Crippen LogP contribution is -2.30. The van der Waals surface area contributed by atoms with E-state index in [1.807, 2.05) is 0 Å². The molecule has 0 radical (unpaired) electrons. The number of benzene rings is 1. The van der Waals surface area contributed by atoms with Gasteiger partial charge in [0.25, 0.3) is 5.91 Å². The number of hydrogen-bond acceptors (Lipinski definition) is 7. The summed E-state index contributed by atoms with van der Waals surface area (Å²) in [5.74, 6) is -1.34. The fraction of sp³-hybridized carbons (Fsp3) is 0.188. The van der Waals surface area contributed by atoms with Crippen LogP contribution in [-0.2, 0) is 16.1 Å². The summed E-state index contributed by atoms with van der Waals surface area (Å²) in [6.07, 6.45) is 1.36. The standard InChI is InChI=1S/C16H14FN5O3S/c1-21(8-11-2-4-12(17)5-3-11)14(23)9-25-16(24)15-13(6-7-26-15)22-10-18-19-20-22/h2-7,10H,8-9H2,1H3. The molecule has 0 spiro atoms. The van der Waals surface area contributed by atoms with Gasteiger partial charge in [-0.25, -0.2) is 9.18 Å². The van der Waals surface area contributed by atoms with Gasteiger partial charge < -0.3 is 9.64 Å². The quantitative estimate of drug-likeness (QED) is 0.609. The molecule has 1 amide bonds. The number of rotatable bonds is 6. The zero-order valence-corrected chi connectivity index (χ0v) is 14.5. The van der Waals surface area contributed by atoms with Gasteiger partial charge in [0.1, 0.15) is 17.0 Å². The Morgan fingerprint density at radius 3 is 2.73 bits per heavy atom. The second kappa shape index (κ2) is 7.83. The van der Waals surface area contributed by atoms with Gasteiger partial charge in [0.05, 0.1) is 5.69 Å². The van der Waals surface area contributed by atoms with Crippen molar-refractivity contribution in [3.05, 3.63) is 58.3 Å². The first-order chi connectivity index (χ1) is 12.5. The van der Waals surface area contributed by atoms with Crippen LogP contribution in [0, 0.1) is 5.82 Å². The predicted octanol–water partition coefficient (Wildman–Crippen LogP) is 1.68. The highest BCUT2D eigenvalue weighted by atomic mass is 32.1. The van der Waals surface area contributed by atoms with E-state index < -0.39 is 12.6 Å². The number of nitrogens with zero attached hydrogens (tertiary/aromatic N) is 5. The highest BCUT2D eigenvalue weighted by Gasteiger charge is 2.19. The monoisotopic (exact) mass is 375 g/mol. The minimum absolute atomic E-state index is 0.283. The van der Waals surface area contributed by atoms with Gasteiger partial charge in [-0.15, -0.1) is 16.4 Å². The van der Waals surface area contributed by atoms with E-state index in [0.717, 1.165) is 5.56 Å². The molecule has 0 saturated heterocycles. The number of halogens is 1. The lowest BCUT2D eigenvalue weighted by Gasteiger charge is -2.17. The van der Waals surface area contributed by atoms with E-state index in [4.69, 9.17) is 4.74 Å². The first-order valence-electron chi connectivity index (χ1n) is 7.51. The lowest BCUT2D eigenvalue weighted by molar-refractivity contribution is -0.133. The Morgan fingerprint density at radius 2 is 2.04 bits per heavy atom. The Balaban J connectivity index is 1.57. The minimum Gasteiger partial charge on any atom is -0.451 e. The highest BCUT2D eigenvalue weighted by Crippen LogP contribution is 2.21. The molecule has 2 aromatic heterocycles. The number of thiophene rings is 1. The molecule has 0 aliphatic rings. The molecule has 1 aromatic carbocycles. The molecule has 2 heterocycles. The summed E-state index contributed by atoms with van der Waals surface area (Å²) in [6, 6.07) is 7.51. The van der Waals surface area contributed by atoms with Gasteiger partial charge in [0.15, 0.2) is 6.61 Å². The van der Waals surface area contributed by atoms with Gasteiger partial charge in [0.2, 0.25) is 0 Å². The van der Waals surface area contributed by atoms with Crippen LogP contribution >= 0.6 is 11.3 Å². The fourth-order valence-electron chi connectivity index (χ4n) is 2.16. The smallest absolute Gasteiger partial charge is 0.351 e. The van der Waals surface area contributed by atoms with Gasteiger partial charge in [-0.05, 0) is 39.6 Å². The van der Waals surface area contributed by atoms with Gasteiger partial charge in [0, 0.05) is 13.6 Å². The summed E-state index contributed by atoms with van der Waals surface area (Å²) < 4.78 is 19.4. The molecule has 0 aliphatic carbocycles. The maximum Gasteiger partial charge on any atom is 0.351 e. The normalized spacial score (nSPS) is 10.5. The van der Waals surface area contributed by atoms with Gasteiger partial charge in [-0.1, -0.05) is 12.1 Å². The van der Waals surface area contributed by atoms with Crippen molar-refractivity contribution in [2.75, 3.05) is 13.7 Å². The molecule has 3 rings (SSSR count). The average Bonchev–Trinajstić information content (AvgIpc) is 3.32. The molecule has 0 N–H and O–H groups in total. The van der Waals surface area contributed by atoms with Crippen LogP contribution < -0.4 is 0 Å². The first kappa shape index (κ1) is 17.7. The third kappa shape index (κ3) is 4.09. The number of carbonyl (C=O) groups excluding carboxylic acids is 2. The maximum absolute atomic E-state index is 12.9. The van der Waals surface area contributed by atoms with Gasteiger partial charge in [-0.3, -0.25) is 4.79 Å². The molecule has 3 aromatic rings. The maximum atomic E-state index is 12.9. The fourth-order valence-corrected chi connectivity index (χ4v) is 2.93. The molecule has 0 atom stereocenters. The number of likely N-dealkylation sites (N-methyl/N-ethyl adjacent to an activating group) is 1. The Labute approximate surface area is 151 Å². The van der Waals surface area contributed by atoms with E-state index in [1.165, 1.54) is 39.4 Å². The molecule has 0 bridgehead atoms. The second-order valence-corrected chi connectivity index (χ2v) is 6.26. The largest absolute Gasteiger partial charge is 0.451 e. The first-order valence-corrected chi connectivity index (χ1v) is 8.39. The number of aromatic nitrogens is 4. The van der Waals surface area contributed by atoms with Crippen LogP contribution in [0.25, 0.3) is 5.69 Å². The van der Waals surface area contributed by atoms with Crippen LogP contribution in [0.1, 0.15) is 15.2 Å². The number of hydrogen-bond donors (Lipinski definition) is 0. The van der Waals surface area contributed by atoms with E-state index in [9.17, 15) is 14.0 Å². The molecular formula is C16H14FN5O3S. The van der Waals surface area contributed by atoms with Crippen molar-refractivity contribution in [1.29, 1.82) is 0 Å². The highest BCUT2D eigenvalue weighted by molar-refractivity contribution is 7.12. The van der Waals surface area contributed by atoms with E-state index in [0.29, 0.717) is 10.6 Å². The molecule has 0 fully saturated rings. The summed E-state index contributed by atoms with van der Waals surface area (Å²) in [6.45, 7) is -0.116. The van der Waals surface area contributed by atoms with Crippen LogP contribution in [0.3, 0.4) is 0 Å². The van der Waals surface area contributed by atoms with E-state index in [1.54, 1.807) is 30.6 Å². The van der Waals surface area contributed by atoms with Crippen molar-refractivity contribution in [2.45, 2.75) is 6.54 Å². The Bertz CT molecular complexity index is 895. The van der Waals surface area contributed by atoms with Gasteiger partial charge >= 0.3 is 5.97 Å². The van der Waals surface area contributed by atoms with Crippen molar-refractivity contribution < 1.29 is 18.7 Å². The molecule has 26 heavy (non-hydrogen) atoms. The number of carbonyl (C=O) groups is 2. The van der Waals surface area contributed by atoms with Crippen molar-refractivity contribution >= 4 is 23.2 Å². The summed E-state index contributed by atoms with van der Waals surface area (Å²) in [7, 11) is 1.58. The van der Waals surface area contributed by atoms with Crippen molar-refractivity contribution in [3.63, 3.8) is 0 Å². The van der Waals surface area contributed by atoms with Crippen LogP contribution in [0.5, 0.6) is 0 Å². The van der Waals surface area contributed by atoms with Crippen molar-refractivity contribution in [2.24, 2.45) is 0 Å². The van der Waals surface area contributed by atoms with E-state index in [2.05, 4.69) is 15.5 Å². The Morgan fingerprint density at radius 1 is 1.27 bits per heavy atom. The van der Waals surface area contributed by atoms with Crippen LogP contribution in [0.4, 0.5) is 4.39 Å². The summed E-state index contributed by atoms with van der Waals surface area (Å²) in [5.41, 5.74) is 1.25. The average molecular weight is 375 g/mol. The number of ether oxygens (including phenoxy) is 1. The topological polar surface area (TPSA) is 90.2 Å². The Hall–Kier alpha value is -3.14. The van der Waals surface area contributed by atoms with Crippen LogP contribution in [0.2, 0.25) is 0 Å². The SMILES string of the molecule is CN(Cc1ccc(F)cc1)C(=O)COC(=O)c1sccc1-n1cnnn1. The molecule has 0 aliphatic heterocycles. The van der Waals surface area contributed by atoms with E-state index >= 15 is 0 Å². The molecule has 0 saturated carbocycles. The molecule has 8 nitrogen and oxygen atoms in total. The third-order valence-corrected chi connectivity index (χ3v) is 4.39. The number of esters is 1. The molecule has 0 unspecified atom stereocenters. The molecule has 10 heteroatoms. The van der Waals surface area contributed by atoms with E-state index in [-0.39, 0.29) is 18.3 Å². The minimum atomic E-state index is -0.631. The summed E-state index contributed by atoms with van der Waals surface area (Å²) >= 11 is 1.17. The van der Waals surface area contributed by atoms with Gasteiger partial charge in [-0.2, -0.15) is 4.68 Å². The zero-order chi connectivity index (χ0) is 18.5. The summed E-state index contributed by atoms with van der Waals surface area (Å²) in [4.78, 5) is 26.1. The zero-order valence-electron chi connectivity index (χ0n) is 13.7. The Kier molecular flexibility index (Phi) is 5.32. The van der Waals surface area contributed by atoms with Crippen molar-refractivity contribution in [1.82, 2.24) is 25.1 Å². The summed E-state index contributed by atoms with van der Waals surface area (Å²) in [5, 5.41) is 12.5. The van der Waals surface area contributed by atoms with Crippen LogP contribution in [-0.4, -0.2) is 50.6 Å². The number of tetrazole rings is 1. The van der Waals surface area contributed by atoms with Crippen molar-refractivity contribution in [3.8, 4) is 5.69 Å². The molecular weight excluding hydrogens is 361 g/mol. The second-order valence-electron chi connectivity index (χ2n) is 5.34. The number of amides is 1. The lowest BCUT2D eigenvalue weighted by atomic mass is 10.2.